The lowest BCUT2D eigenvalue weighted by atomic mass is 9.75. The Morgan fingerprint density at radius 2 is 1.79 bits per heavy atom. The third-order valence-corrected chi connectivity index (χ3v) is 5.86. The molecule has 1 atom stereocenters. The van der Waals surface area contributed by atoms with Crippen LogP contribution in [0.15, 0.2) is 54.6 Å². The van der Waals surface area contributed by atoms with E-state index in [1.165, 1.54) is 38.6 Å². The number of amides is 1. The van der Waals surface area contributed by atoms with Crippen molar-refractivity contribution in [2.45, 2.75) is 45.3 Å². The molecule has 0 fully saturated rings. The molecule has 2 aliphatic rings. The fraction of sp³-hybridized carbons (Fsp3) is 0.320. The molecule has 3 aromatic rings. The average Bonchev–Trinajstić information content (AvgIpc) is 2.66. The van der Waals surface area contributed by atoms with E-state index < -0.39 is 5.60 Å². The minimum absolute atomic E-state index is 0.0353. The molecule has 1 heterocycles. The lowest BCUT2D eigenvalue weighted by Crippen LogP contribution is -2.44. The van der Waals surface area contributed by atoms with E-state index in [9.17, 15) is 4.79 Å². The van der Waals surface area contributed by atoms with Gasteiger partial charge in [0, 0.05) is 6.54 Å². The number of nitrogens with zero attached hydrogens (tertiary/aromatic N) is 1. The summed E-state index contributed by atoms with van der Waals surface area (Å²) in [7, 11) is 0. The first-order valence-electron chi connectivity index (χ1n) is 10.0. The molecule has 1 aliphatic heterocycles. The van der Waals surface area contributed by atoms with Crippen LogP contribution in [-0.4, -0.2) is 23.1 Å². The van der Waals surface area contributed by atoms with E-state index >= 15 is 0 Å². The first-order chi connectivity index (χ1) is 13.4. The van der Waals surface area contributed by atoms with Gasteiger partial charge in [0.1, 0.15) is 5.60 Å². The molecule has 0 N–H and O–H groups in total. The molecule has 0 radical (unpaired) electrons. The van der Waals surface area contributed by atoms with Crippen LogP contribution in [0.1, 0.15) is 43.5 Å². The Morgan fingerprint density at radius 1 is 1.04 bits per heavy atom. The molecule has 0 saturated carbocycles. The standard InChI is InChI=1S/C25H25NO2/c1-25(2,3)28-24(27)26-13-12-20-18-10-6-4-8-16(18)14-21-19-11-7-5-9-17(19)15-22(26)23(20)21/h4-11,14,22H,12-13,15H2,1-3H3. The molecule has 3 nitrogen and oxygen atoms in total. The Hall–Kier alpha value is -2.81. The van der Waals surface area contributed by atoms with Crippen LogP contribution in [0.25, 0.3) is 21.9 Å². The number of fused-ring (bicyclic) bond motifs is 4. The molecule has 28 heavy (non-hydrogen) atoms. The van der Waals surface area contributed by atoms with E-state index in [0.717, 1.165) is 12.8 Å². The smallest absolute Gasteiger partial charge is 0.410 e. The van der Waals surface area contributed by atoms with Crippen molar-refractivity contribution in [3.63, 3.8) is 0 Å². The second kappa shape index (κ2) is 6.10. The second-order valence-corrected chi connectivity index (χ2v) is 8.84. The van der Waals surface area contributed by atoms with E-state index in [-0.39, 0.29) is 12.1 Å². The summed E-state index contributed by atoms with van der Waals surface area (Å²) < 4.78 is 5.75. The molecular formula is C25H25NO2. The monoisotopic (exact) mass is 371 g/mol. The largest absolute Gasteiger partial charge is 0.444 e. The molecule has 0 spiro atoms. The van der Waals surface area contributed by atoms with Gasteiger partial charge in [0.05, 0.1) is 6.04 Å². The van der Waals surface area contributed by atoms with Gasteiger partial charge in [0.15, 0.2) is 0 Å². The topological polar surface area (TPSA) is 29.5 Å². The van der Waals surface area contributed by atoms with Gasteiger partial charge in [-0.05, 0) is 78.3 Å². The van der Waals surface area contributed by atoms with Crippen molar-refractivity contribution in [1.82, 2.24) is 4.90 Å². The SMILES string of the molecule is CC(C)(C)OC(=O)N1CCc2c3c(cc4ccccc24)-c2ccccc2CC31. The van der Waals surface area contributed by atoms with E-state index in [0.29, 0.717) is 6.54 Å². The summed E-state index contributed by atoms with van der Waals surface area (Å²) in [5, 5.41) is 2.59. The highest BCUT2D eigenvalue weighted by atomic mass is 16.6. The van der Waals surface area contributed by atoms with Crippen molar-refractivity contribution in [1.29, 1.82) is 0 Å². The summed E-state index contributed by atoms with van der Waals surface area (Å²) in [5.41, 5.74) is 6.09. The minimum atomic E-state index is -0.490. The Bertz CT molecular complexity index is 1090. The summed E-state index contributed by atoms with van der Waals surface area (Å²) in [6.45, 7) is 6.48. The van der Waals surface area contributed by atoms with Crippen molar-refractivity contribution in [3.8, 4) is 11.1 Å². The molecular weight excluding hydrogens is 346 g/mol. The normalized spacial score (nSPS) is 17.8. The quantitative estimate of drug-likeness (QED) is 0.492. The summed E-state index contributed by atoms with van der Waals surface area (Å²) >= 11 is 0. The highest BCUT2D eigenvalue weighted by Crippen LogP contribution is 2.47. The molecule has 3 aromatic carbocycles. The second-order valence-electron chi connectivity index (χ2n) is 8.84. The summed E-state index contributed by atoms with van der Waals surface area (Å²) in [4.78, 5) is 15.0. The predicted molar refractivity (Wildman–Crippen MR) is 112 cm³/mol. The molecule has 1 aliphatic carbocycles. The number of carbonyl (C=O) groups excluding carboxylic acids is 1. The number of hydrogen-bond donors (Lipinski definition) is 0. The van der Waals surface area contributed by atoms with Crippen LogP contribution >= 0.6 is 0 Å². The zero-order chi connectivity index (χ0) is 19.5. The van der Waals surface area contributed by atoms with E-state index in [4.69, 9.17) is 4.74 Å². The maximum Gasteiger partial charge on any atom is 0.410 e. The molecule has 0 bridgehead atoms. The van der Waals surface area contributed by atoms with E-state index in [2.05, 4.69) is 54.6 Å². The van der Waals surface area contributed by atoms with Crippen LogP contribution in [0.2, 0.25) is 0 Å². The van der Waals surface area contributed by atoms with Crippen LogP contribution in [-0.2, 0) is 17.6 Å². The zero-order valence-electron chi connectivity index (χ0n) is 16.7. The first kappa shape index (κ1) is 17.3. The van der Waals surface area contributed by atoms with Crippen molar-refractivity contribution in [3.05, 3.63) is 71.3 Å². The van der Waals surface area contributed by atoms with Gasteiger partial charge in [-0.15, -0.1) is 0 Å². The van der Waals surface area contributed by atoms with Crippen LogP contribution in [0, 0.1) is 0 Å². The van der Waals surface area contributed by atoms with Gasteiger partial charge in [0.2, 0.25) is 0 Å². The molecule has 142 valence electrons. The minimum Gasteiger partial charge on any atom is -0.444 e. The Labute approximate surface area is 165 Å². The number of hydrogen-bond acceptors (Lipinski definition) is 2. The highest BCUT2D eigenvalue weighted by Gasteiger charge is 2.38. The molecule has 0 aromatic heterocycles. The molecule has 5 rings (SSSR count). The Morgan fingerprint density at radius 3 is 2.61 bits per heavy atom. The highest BCUT2D eigenvalue weighted by molar-refractivity contribution is 5.94. The maximum absolute atomic E-state index is 13.0. The fourth-order valence-electron chi connectivity index (χ4n) is 4.78. The molecule has 1 amide bonds. The van der Waals surface area contributed by atoms with Crippen LogP contribution < -0.4 is 0 Å². The molecule has 0 saturated heterocycles. The zero-order valence-corrected chi connectivity index (χ0v) is 16.7. The Balaban J connectivity index is 1.71. The van der Waals surface area contributed by atoms with Crippen molar-refractivity contribution in [2.75, 3.05) is 6.54 Å². The third kappa shape index (κ3) is 2.69. The molecule has 3 heteroatoms. The van der Waals surface area contributed by atoms with Gasteiger partial charge in [-0.25, -0.2) is 4.79 Å². The fourth-order valence-corrected chi connectivity index (χ4v) is 4.78. The van der Waals surface area contributed by atoms with Crippen molar-refractivity contribution < 1.29 is 9.53 Å². The summed E-state index contributed by atoms with van der Waals surface area (Å²) in [6.07, 6.45) is 1.50. The molecule has 1 unspecified atom stereocenters. The van der Waals surface area contributed by atoms with Crippen LogP contribution in [0.3, 0.4) is 0 Å². The van der Waals surface area contributed by atoms with Crippen molar-refractivity contribution >= 4 is 16.9 Å². The van der Waals surface area contributed by atoms with Crippen LogP contribution in [0.5, 0.6) is 0 Å². The lowest BCUT2D eigenvalue weighted by Gasteiger charge is -2.42. The number of carbonyl (C=O) groups is 1. The van der Waals surface area contributed by atoms with Gasteiger partial charge in [0.25, 0.3) is 0 Å². The predicted octanol–water partition coefficient (Wildman–Crippen LogP) is 5.90. The van der Waals surface area contributed by atoms with Gasteiger partial charge in [-0.2, -0.15) is 0 Å². The summed E-state index contributed by atoms with van der Waals surface area (Å²) in [6, 6.07) is 19.6. The van der Waals surface area contributed by atoms with Gasteiger partial charge in [-0.1, -0.05) is 48.5 Å². The maximum atomic E-state index is 13.0. The van der Waals surface area contributed by atoms with E-state index in [1.54, 1.807) is 0 Å². The van der Waals surface area contributed by atoms with Crippen molar-refractivity contribution in [2.24, 2.45) is 0 Å². The Kier molecular flexibility index (Phi) is 3.77. The third-order valence-electron chi connectivity index (χ3n) is 5.86. The number of rotatable bonds is 0. The number of benzene rings is 3. The van der Waals surface area contributed by atoms with Gasteiger partial charge >= 0.3 is 6.09 Å². The van der Waals surface area contributed by atoms with Gasteiger partial charge in [-0.3, -0.25) is 0 Å². The average molecular weight is 371 g/mol. The van der Waals surface area contributed by atoms with Gasteiger partial charge < -0.3 is 9.64 Å². The lowest BCUT2D eigenvalue weighted by molar-refractivity contribution is 0.0141. The first-order valence-corrected chi connectivity index (χ1v) is 10.0. The summed E-state index contributed by atoms with van der Waals surface area (Å²) in [5.74, 6) is 0. The van der Waals surface area contributed by atoms with Crippen LogP contribution in [0.4, 0.5) is 4.79 Å². The number of ether oxygens (including phenoxy) is 1. The van der Waals surface area contributed by atoms with E-state index in [1.807, 2.05) is 25.7 Å².